The van der Waals surface area contributed by atoms with E-state index in [1.165, 1.54) is 0 Å². The van der Waals surface area contributed by atoms with Gasteiger partial charge in [0.25, 0.3) is 0 Å². The molecule has 0 fully saturated rings. The fraction of sp³-hybridized carbons (Fsp3) is 0.375. The van der Waals surface area contributed by atoms with E-state index in [1.54, 1.807) is 23.7 Å². The summed E-state index contributed by atoms with van der Waals surface area (Å²) < 4.78 is 22.5. The number of fused-ring (bicyclic) bond motifs is 1. The molecule has 174 valence electrons. The maximum Gasteiger partial charge on any atom is 0.197 e. The van der Waals surface area contributed by atoms with Gasteiger partial charge >= 0.3 is 0 Å². The Hall–Kier alpha value is -2.00. The molecular formula is C24H31FN2O3S2. The Morgan fingerprint density at radius 1 is 1.31 bits per heavy atom. The van der Waals surface area contributed by atoms with Gasteiger partial charge in [0.1, 0.15) is 12.0 Å². The number of aliphatic hydroxyl groups is 1. The average molecular weight is 479 g/mol. The van der Waals surface area contributed by atoms with Crippen LogP contribution in [0.15, 0.2) is 64.3 Å². The summed E-state index contributed by atoms with van der Waals surface area (Å²) in [7, 11) is 1.00. The van der Waals surface area contributed by atoms with E-state index < -0.39 is 5.83 Å². The summed E-state index contributed by atoms with van der Waals surface area (Å²) >= 11 is 3.21. The Labute approximate surface area is 198 Å². The molecule has 2 aromatic rings. The molecule has 0 radical (unpaired) electrons. The first-order chi connectivity index (χ1) is 15.7. The molecule has 1 aliphatic rings. The predicted molar refractivity (Wildman–Crippen MR) is 133 cm³/mol. The lowest BCUT2D eigenvalue weighted by Gasteiger charge is -2.28. The van der Waals surface area contributed by atoms with E-state index in [-0.39, 0.29) is 6.29 Å². The molecule has 2 N–H and O–H groups in total. The van der Waals surface area contributed by atoms with Crippen LogP contribution in [0.3, 0.4) is 0 Å². The second-order valence-corrected chi connectivity index (χ2v) is 9.13. The number of nitrogens with one attached hydrogen (secondary N) is 1. The lowest BCUT2D eigenvalue weighted by atomic mass is 10.1. The molecule has 5 nitrogen and oxygen atoms in total. The molecule has 0 saturated carbocycles. The molecule has 0 saturated heterocycles. The van der Waals surface area contributed by atoms with Gasteiger partial charge in [0, 0.05) is 25.4 Å². The van der Waals surface area contributed by atoms with E-state index in [9.17, 15) is 9.18 Å². The first-order valence-corrected chi connectivity index (χ1v) is 12.4. The van der Waals surface area contributed by atoms with Gasteiger partial charge < -0.3 is 14.7 Å². The van der Waals surface area contributed by atoms with Crippen molar-refractivity contribution in [2.75, 3.05) is 24.3 Å². The van der Waals surface area contributed by atoms with Crippen LogP contribution in [0.25, 0.3) is 0 Å². The second-order valence-electron chi connectivity index (χ2n) is 6.94. The van der Waals surface area contributed by atoms with Gasteiger partial charge in [0.2, 0.25) is 0 Å². The Morgan fingerprint density at radius 3 is 2.72 bits per heavy atom. The van der Waals surface area contributed by atoms with Gasteiger partial charge in [-0.15, -0.1) is 11.8 Å². The summed E-state index contributed by atoms with van der Waals surface area (Å²) in [6.07, 6.45) is 4.42. The molecule has 3 rings (SSSR count). The van der Waals surface area contributed by atoms with E-state index in [0.29, 0.717) is 11.8 Å². The Kier molecular flexibility index (Phi) is 11.7. The van der Waals surface area contributed by atoms with Crippen molar-refractivity contribution < 1.29 is 19.0 Å². The van der Waals surface area contributed by atoms with E-state index in [1.807, 2.05) is 24.3 Å². The van der Waals surface area contributed by atoms with Crippen molar-refractivity contribution in [2.45, 2.75) is 48.9 Å². The Morgan fingerprint density at radius 2 is 2.06 bits per heavy atom. The first-order valence-electron chi connectivity index (χ1n) is 10.6. The van der Waals surface area contributed by atoms with Crippen molar-refractivity contribution in [3.05, 3.63) is 54.6 Å². The quantitative estimate of drug-likeness (QED) is 0.148. The lowest BCUT2D eigenvalue weighted by molar-refractivity contribution is -0.106. The largest absolute Gasteiger partial charge is 0.461 e. The van der Waals surface area contributed by atoms with Crippen LogP contribution in [-0.4, -0.2) is 36.8 Å². The number of thioether (sulfide) groups is 1. The van der Waals surface area contributed by atoms with Crippen LogP contribution in [0.4, 0.5) is 15.8 Å². The number of anilines is 2. The van der Waals surface area contributed by atoms with Crippen LogP contribution in [-0.2, 0) is 4.79 Å². The number of ether oxygens (including phenoxy) is 1. The minimum absolute atomic E-state index is 0.141. The zero-order valence-corrected chi connectivity index (χ0v) is 20.3. The van der Waals surface area contributed by atoms with Crippen LogP contribution < -0.4 is 14.4 Å². The van der Waals surface area contributed by atoms with Gasteiger partial charge in [-0.25, -0.2) is 0 Å². The molecule has 1 unspecified atom stereocenters. The van der Waals surface area contributed by atoms with Gasteiger partial charge in [0.05, 0.1) is 15.5 Å². The van der Waals surface area contributed by atoms with E-state index >= 15 is 0 Å². The van der Waals surface area contributed by atoms with Crippen molar-refractivity contribution in [3.8, 4) is 5.75 Å². The SMILES string of the molecule is CCCCC1CN(c2ccccc2)c2cc(SCC)c(O/C=C(\F)C=O)cc2SN1.CO. The number of halogens is 1. The van der Waals surface area contributed by atoms with E-state index in [2.05, 4.69) is 41.7 Å². The lowest BCUT2D eigenvalue weighted by Crippen LogP contribution is -2.34. The average Bonchev–Trinajstić information content (AvgIpc) is 3.02. The molecule has 0 spiro atoms. The third kappa shape index (κ3) is 7.27. The number of rotatable bonds is 9. The Bertz CT molecular complexity index is 881. The number of hydrogen-bond donors (Lipinski definition) is 2. The monoisotopic (exact) mass is 478 g/mol. The van der Waals surface area contributed by atoms with Gasteiger partial charge in [-0.05, 0) is 48.4 Å². The van der Waals surface area contributed by atoms with Crippen LogP contribution in [0.2, 0.25) is 0 Å². The summed E-state index contributed by atoms with van der Waals surface area (Å²) in [5.74, 6) is 0.464. The minimum Gasteiger partial charge on any atom is -0.461 e. The van der Waals surface area contributed by atoms with Gasteiger partial charge in [0.15, 0.2) is 12.1 Å². The zero-order chi connectivity index (χ0) is 23.3. The van der Waals surface area contributed by atoms with E-state index in [4.69, 9.17) is 9.84 Å². The zero-order valence-electron chi connectivity index (χ0n) is 18.7. The molecule has 2 aromatic carbocycles. The molecule has 8 heteroatoms. The number of carbonyl (C=O) groups is 1. The van der Waals surface area contributed by atoms with Gasteiger partial charge in [-0.1, -0.05) is 44.9 Å². The number of para-hydroxylation sites is 1. The van der Waals surface area contributed by atoms with Crippen molar-refractivity contribution >= 4 is 41.4 Å². The standard InChI is InChI=1S/C23H27FN2O2S2.CH4O/c1-3-5-9-18-14-26(19-10-7-6-8-11-19)20-12-23(29-4-2)21(13-22(20)30-25-18)28-16-17(24)15-27;1-2/h6-8,10-13,15-16,18,25H,3-5,9,14H2,1-2H3;2H,1H3/b17-16-;. The molecular weight excluding hydrogens is 447 g/mol. The maximum atomic E-state index is 13.3. The topological polar surface area (TPSA) is 61.8 Å². The molecule has 0 aromatic heterocycles. The van der Waals surface area contributed by atoms with Crippen molar-refractivity contribution in [1.29, 1.82) is 0 Å². The summed E-state index contributed by atoms with van der Waals surface area (Å²) in [6, 6.07) is 14.7. The summed E-state index contributed by atoms with van der Waals surface area (Å²) in [6.45, 7) is 5.13. The molecule has 0 amide bonds. The third-order valence-corrected chi connectivity index (χ3v) is 6.66. The highest BCUT2D eigenvalue weighted by Gasteiger charge is 2.25. The molecule has 32 heavy (non-hydrogen) atoms. The van der Waals surface area contributed by atoms with E-state index in [0.717, 1.165) is 66.1 Å². The molecule has 1 atom stereocenters. The fourth-order valence-corrected chi connectivity index (χ4v) is 4.97. The highest BCUT2D eigenvalue weighted by atomic mass is 32.2. The summed E-state index contributed by atoms with van der Waals surface area (Å²) in [4.78, 5) is 14.9. The van der Waals surface area contributed by atoms with Crippen LogP contribution in [0, 0.1) is 0 Å². The number of aliphatic hydroxyl groups excluding tert-OH is 1. The number of aldehydes is 1. The molecule has 1 heterocycles. The number of unbranched alkanes of at least 4 members (excludes halogenated alkanes) is 1. The van der Waals surface area contributed by atoms with Gasteiger partial charge in [-0.3, -0.25) is 9.52 Å². The highest BCUT2D eigenvalue weighted by molar-refractivity contribution is 7.99. The van der Waals surface area contributed by atoms with Crippen molar-refractivity contribution in [1.82, 2.24) is 4.72 Å². The minimum atomic E-state index is -0.936. The molecule has 0 aliphatic carbocycles. The Balaban J connectivity index is 0.00000176. The van der Waals surface area contributed by atoms with Crippen LogP contribution in [0.5, 0.6) is 5.75 Å². The number of allylic oxidation sites excluding steroid dienone is 1. The number of benzene rings is 2. The third-order valence-electron chi connectivity index (χ3n) is 4.74. The first kappa shape index (κ1) is 26.3. The normalized spacial score (nSPS) is 15.8. The van der Waals surface area contributed by atoms with Crippen molar-refractivity contribution in [2.24, 2.45) is 0 Å². The second kappa shape index (κ2) is 14.2. The summed E-state index contributed by atoms with van der Waals surface area (Å²) in [5.41, 5.74) is 2.23. The maximum absolute atomic E-state index is 13.3. The predicted octanol–water partition coefficient (Wildman–Crippen LogP) is 6.10. The van der Waals surface area contributed by atoms with Crippen LogP contribution >= 0.6 is 23.7 Å². The van der Waals surface area contributed by atoms with Crippen LogP contribution in [0.1, 0.15) is 33.1 Å². The number of nitrogens with zero attached hydrogens (tertiary/aromatic N) is 1. The van der Waals surface area contributed by atoms with Crippen molar-refractivity contribution in [3.63, 3.8) is 0 Å². The smallest absolute Gasteiger partial charge is 0.197 e. The van der Waals surface area contributed by atoms with Gasteiger partial charge in [-0.2, -0.15) is 4.39 Å². The number of hydrogen-bond acceptors (Lipinski definition) is 7. The molecule has 0 bridgehead atoms. The fourth-order valence-electron chi connectivity index (χ4n) is 3.29. The highest BCUT2D eigenvalue weighted by Crippen LogP contribution is 2.43. The molecule has 1 aliphatic heterocycles. The number of carbonyl (C=O) groups excluding carboxylic acids is 1. The summed E-state index contributed by atoms with van der Waals surface area (Å²) in [5, 5.41) is 7.00.